The van der Waals surface area contributed by atoms with Crippen molar-refractivity contribution >= 4 is 17.3 Å². The summed E-state index contributed by atoms with van der Waals surface area (Å²) in [6.07, 6.45) is 0. The largest absolute Gasteiger partial charge is 0.331 e. The number of anilines is 1. The standard InChI is InChI=1S/C19H22N2O/c1-13(2)16-7-9-17(10-8-16)15(4)20-19(22)21-18-11-5-14(3)6-12-18/h5-12,15H,1H2,2-4H3,(H2,20,21,22). The van der Waals surface area contributed by atoms with Crippen LogP contribution in [0.5, 0.6) is 0 Å². The van der Waals surface area contributed by atoms with Crippen molar-refractivity contribution in [2.75, 3.05) is 5.32 Å². The van der Waals surface area contributed by atoms with Gasteiger partial charge in [-0.1, -0.05) is 54.1 Å². The number of carbonyl (C=O) groups excluding carboxylic acids is 1. The molecule has 0 fully saturated rings. The second-order valence-electron chi connectivity index (χ2n) is 5.59. The van der Waals surface area contributed by atoms with Gasteiger partial charge in [0.15, 0.2) is 0 Å². The Morgan fingerprint density at radius 3 is 2.18 bits per heavy atom. The first-order valence-electron chi connectivity index (χ1n) is 7.36. The second kappa shape index (κ2) is 6.94. The number of aryl methyl sites for hydroxylation is 1. The van der Waals surface area contributed by atoms with Crippen LogP contribution < -0.4 is 10.6 Å². The van der Waals surface area contributed by atoms with E-state index in [1.165, 1.54) is 0 Å². The second-order valence-corrected chi connectivity index (χ2v) is 5.59. The van der Waals surface area contributed by atoms with E-state index in [-0.39, 0.29) is 12.1 Å². The number of nitrogens with one attached hydrogen (secondary N) is 2. The van der Waals surface area contributed by atoms with Crippen LogP contribution in [0, 0.1) is 6.92 Å². The number of amides is 2. The summed E-state index contributed by atoms with van der Waals surface area (Å²) in [7, 11) is 0. The summed E-state index contributed by atoms with van der Waals surface area (Å²) < 4.78 is 0. The zero-order valence-corrected chi connectivity index (χ0v) is 13.3. The Bertz CT molecular complexity index is 657. The Morgan fingerprint density at radius 1 is 1.05 bits per heavy atom. The Hall–Kier alpha value is -2.55. The number of hydrogen-bond donors (Lipinski definition) is 2. The minimum atomic E-state index is -0.208. The van der Waals surface area contributed by atoms with Gasteiger partial charge in [-0.15, -0.1) is 0 Å². The normalized spacial score (nSPS) is 11.6. The molecule has 2 aromatic carbocycles. The molecule has 2 rings (SSSR count). The number of rotatable bonds is 4. The van der Waals surface area contributed by atoms with Gasteiger partial charge in [-0.25, -0.2) is 4.79 Å². The van der Waals surface area contributed by atoms with Crippen molar-refractivity contribution < 1.29 is 4.79 Å². The molecule has 22 heavy (non-hydrogen) atoms. The highest BCUT2D eigenvalue weighted by atomic mass is 16.2. The summed E-state index contributed by atoms with van der Waals surface area (Å²) >= 11 is 0. The Morgan fingerprint density at radius 2 is 1.64 bits per heavy atom. The maximum atomic E-state index is 12.0. The van der Waals surface area contributed by atoms with Gasteiger partial charge in [-0.05, 0) is 44.0 Å². The van der Waals surface area contributed by atoms with Gasteiger partial charge in [0.1, 0.15) is 0 Å². The summed E-state index contributed by atoms with van der Waals surface area (Å²) in [4.78, 5) is 12.0. The molecule has 0 aromatic heterocycles. The molecule has 0 saturated heterocycles. The van der Waals surface area contributed by atoms with Gasteiger partial charge in [0.2, 0.25) is 0 Å². The molecular weight excluding hydrogens is 272 g/mol. The maximum Gasteiger partial charge on any atom is 0.319 e. The van der Waals surface area contributed by atoms with E-state index in [9.17, 15) is 4.79 Å². The van der Waals surface area contributed by atoms with Crippen LogP contribution >= 0.6 is 0 Å². The first kappa shape index (κ1) is 15.8. The molecule has 0 aliphatic rings. The van der Waals surface area contributed by atoms with Crippen LogP contribution in [0.1, 0.15) is 36.6 Å². The van der Waals surface area contributed by atoms with E-state index in [4.69, 9.17) is 0 Å². The SMILES string of the molecule is C=C(C)c1ccc(C(C)NC(=O)Nc2ccc(C)cc2)cc1. The number of allylic oxidation sites excluding steroid dienone is 1. The monoisotopic (exact) mass is 294 g/mol. The van der Waals surface area contributed by atoms with E-state index in [0.717, 1.165) is 28.0 Å². The van der Waals surface area contributed by atoms with Gasteiger partial charge >= 0.3 is 6.03 Å². The molecule has 2 amide bonds. The number of hydrogen-bond acceptors (Lipinski definition) is 1. The molecule has 0 heterocycles. The van der Waals surface area contributed by atoms with Crippen molar-refractivity contribution in [3.05, 3.63) is 71.8 Å². The number of carbonyl (C=O) groups is 1. The van der Waals surface area contributed by atoms with Crippen molar-refractivity contribution in [2.24, 2.45) is 0 Å². The Kier molecular flexibility index (Phi) is 4.99. The molecule has 2 N–H and O–H groups in total. The zero-order valence-electron chi connectivity index (χ0n) is 13.3. The van der Waals surface area contributed by atoms with E-state index in [1.807, 2.05) is 69.3 Å². The van der Waals surface area contributed by atoms with E-state index >= 15 is 0 Å². The van der Waals surface area contributed by atoms with Gasteiger partial charge in [-0.3, -0.25) is 0 Å². The summed E-state index contributed by atoms with van der Waals surface area (Å²) in [5, 5.41) is 5.77. The fourth-order valence-corrected chi connectivity index (χ4v) is 2.14. The fraction of sp³-hybridized carbons (Fsp3) is 0.211. The predicted molar refractivity (Wildman–Crippen MR) is 92.9 cm³/mol. The minimum Gasteiger partial charge on any atom is -0.331 e. The van der Waals surface area contributed by atoms with Gasteiger partial charge in [0.05, 0.1) is 6.04 Å². The zero-order chi connectivity index (χ0) is 16.1. The van der Waals surface area contributed by atoms with Crippen LogP contribution in [0.3, 0.4) is 0 Å². The van der Waals surface area contributed by atoms with Crippen molar-refractivity contribution in [3.63, 3.8) is 0 Å². The van der Waals surface area contributed by atoms with Gasteiger partial charge < -0.3 is 10.6 Å². The van der Waals surface area contributed by atoms with E-state index in [0.29, 0.717) is 0 Å². The first-order chi connectivity index (χ1) is 10.5. The fourth-order valence-electron chi connectivity index (χ4n) is 2.14. The van der Waals surface area contributed by atoms with Crippen molar-refractivity contribution in [3.8, 4) is 0 Å². The minimum absolute atomic E-state index is 0.0652. The van der Waals surface area contributed by atoms with Gasteiger partial charge in [-0.2, -0.15) is 0 Å². The van der Waals surface area contributed by atoms with Crippen molar-refractivity contribution in [1.29, 1.82) is 0 Å². The van der Waals surface area contributed by atoms with E-state index in [2.05, 4.69) is 17.2 Å². The van der Waals surface area contributed by atoms with Crippen molar-refractivity contribution in [1.82, 2.24) is 5.32 Å². The maximum absolute atomic E-state index is 12.0. The molecular formula is C19H22N2O. The molecule has 3 nitrogen and oxygen atoms in total. The van der Waals surface area contributed by atoms with Crippen LogP contribution in [0.25, 0.3) is 5.57 Å². The lowest BCUT2D eigenvalue weighted by molar-refractivity contribution is 0.249. The molecule has 0 saturated carbocycles. The highest BCUT2D eigenvalue weighted by Gasteiger charge is 2.09. The third kappa shape index (κ3) is 4.22. The molecule has 114 valence electrons. The average Bonchev–Trinajstić information content (AvgIpc) is 2.49. The summed E-state index contributed by atoms with van der Waals surface area (Å²) in [6, 6.07) is 15.5. The summed E-state index contributed by atoms with van der Waals surface area (Å²) in [5.74, 6) is 0. The van der Waals surface area contributed by atoms with Gasteiger partial charge in [0, 0.05) is 5.69 Å². The predicted octanol–water partition coefficient (Wildman–Crippen LogP) is 4.91. The van der Waals surface area contributed by atoms with Crippen LogP contribution in [0.4, 0.5) is 10.5 Å². The molecule has 0 radical (unpaired) electrons. The highest BCUT2D eigenvalue weighted by molar-refractivity contribution is 5.89. The molecule has 2 aromatic rings. The lowest BCUT2D eigenvalue weighted by Crippen LogP contribution is -2.31. The quantitative estimate of drug-likeness (QED) is 0.826. The highest BCUT2D eigenvalue weighted by Crippen LogP contribution is 2.17. The molecule has 0 bridgehead atoms. The molecule has 1 unspecified atom stereocenters. The summed E-state index contributed by atoms with van der Waals surface area (Å²) in [6.45, 7) is 9.88. The first-order valence-corrected chi connectivity index (χ1v) is 7.36. The number of benzene rings is 2. The molecule has 0 aliphatic heterocycles. The molecule has 3 heteroatoms. The van der Waals surface area contributed by atoms with Crippen LogP contribution in [-0.2, 0) is 0 Å². The lowest BCUT2D eigenvalue weighted by Gasteiger charge is -2.15. The van der Waals surface area contributed by atoms with E-state index in [1.54, 1.807) is 0 Å². The summed E-state index contributed by atoms with van der Waals surface area (Å²) in [5.41, 5.74) is 5.15. The van der Waals surface area contributed by atoms with E-state index < -0.39 is 0 Å². The van der Waals surface area contributed by atoms with Crippen LogP contribution in [0.2, 0.25) is 0 Å². The Balaban J connectivity index is 1.95. The van der Waals surface area contributed by atoms with Crippen LogP contribution in [0.15, 0.2) is 55.1 Å². The third-order valence-corrected chi connectivity index (χ3v) is 3.56. The van der Waals surface area contributed by atoms with Crippen molar-refractivity contribution in [2.45, 2.75) is 26.8 Å². The van der Waals surface area contributed by atoms with Crippen LogP contribution in [-0.4, -0.2) is 6.03 Å². The smallest absolute Gasteiger partial charge is 0.319 e. The third-order valence-electron chi connectivity index (χ3n) is 3.56. The molecule has 1 atom stereocenters. The molecule has 0 spiro atoms. The van der Waals surface area contributed by atoms with Gasteiger partial charge in [0.25, 0.3) is 0 Å². The Labute approximate surface area is 132 Å². The topological polar surface area (TPSA) is 41.1 Å². The number of urea groups is 1. The average molecular weight is 294 g/mol. The lowest BCUT2D eigenvalue weighted by atomic mass is 10.0. The molecule has 0 aliphatic carbocycles.